The number of carbonyl (C=O) groups is 2. The van der Waals surface area contributed by atoms with Gasteiger partial charge in [-0.2, -0.15) is 0 Å². The second-order valence-electron chi connectivity index (χ2n) is 6.06. The number of nitrogens with one attached hydrogen (secondary N) is 2. The van der Waals surface area contributed by atoms with Crippen molar-refractivity contribution >= 4 is 34.5 Å². The predicted molar refractivity (Wildman–Crippen MR) is 109 cm³/mol. The molecular formula is C21H17N3O3S. The monoisotopic (exact) mass is 391 g/mol. The first-order chi connectivity index (χ1) is 13.7. The molecule has 3 aromatic heterocycles. The highest BCUT2D eigenvalue weighted by atomic mass is 32.1. The maximum absolute atomic E-state index is 12.6. The van der Waals surface area contributed by atoms with Gasteiger partial charge in [0, 0.05) is 22.4 Å². The standard InChI is InChI=1S/C21H17N3O3S/c25-20(18-5-1-11-24(18)14-17-4-3-13-28-17)22-15-7-9-16(10-8-15)23-21(26)19-6-2-12-27-19/h1-13H,14H2,(H,22,25)(H,23,26). The van der Waals surface area contributed by atoms with E-state index in [1.54, 1.807) is 53.8 Å². The average Bonchev–Trinajstić information content (AvgIpc) is 3.46. The van der Waals surface area contributed by atoms with E-state index in [2.05, 4.69) is 10.6 Å². The molecule has 0 aliphatic heterocycles. The minimum absolute atomic E-state index is 0.186. The molecule has 4 rings (SSSR count). The number of hydrogen-bond acceptors (Lipinski definition) is 4. The van der Waals surface area contributed by atoms with Crippen LogP contribution in [0.3, 0.4) is 0 Å². The third-order valence-electron chi connectivity index (χ3n) is 4.11. The van der Waals surface area contributed by atoms with Gasteiger partial charge in [0.25, 0.3) is 11.8 Å². The summed E-state index contributed by atoms with van der Waals surface area (Å²) < 4.78 is 6.98. The smallest absolute Gasteiger partial charge is 0.291 e. The molecule has 3 heterocycles. The van der Waals surface area contributed by atoms with Crippen molar-refractivity contribution in [1.29, 1.82) is 0 Å². The van der Waals surface area contributed by atoms with Crippen molar-refractivity contribution < 1.29 is 14.0 Å². The summed E-state index contributed by atoms with van der Waals surface area (Å²) in [5.41, 5.74) is 1.84. The summed E-state index contributed by atoms with van der Waals surface area (Å²) in [5.74, 6) is -0.272. The lowest BCUT2D eigenvalue weighted by atomic mass is 10.2. The molecule has 0 atom stereocenters. The number of thiophene rings is 1. The van der Waals surface area contributed by atoms with E-state index in [4.69, 9.17) is 4.42 Å². The van der Waals surface area contributed by atoms with Crippen molar-refractivity contribution in [2.75, 3.05) is 10.6 Å². The molecule has 0 saturated heterocycles. The fourth-order valence-electron chi connectivity index (χ4n) is 2.76. The Morgan fingerprint density at radius 1 is 0.893 bits per heavy atom. The van der Waals surface area contributed by atoms with Gasteiger partial charge in [-0.25, -0.2) is 0 Å². The van der Waals surface area contributed by atoms with Gasteiger partial charge in [0.2, 0.25) is 0 Å². The summed E-state index contributed by atoms with van der Waals surface area (Å²) >= 11 is 1.66. The molecular weight excluding hydrogens is 374 g/mol. The Kier molecular flexibility index (Phi) is 5.07. The zero-order valence-corrected chi connectivity index (χ0v) is 15.6. The van der Waals surface area contributed by atoms with Crippen molar-refractivity contribution in [3.63, 3.8) is 0 Å². The molecule has 6 nitrogen and oxygen atoms in total. The van der Waals surface area contributed by atoms with Crippen LogP contribution in [0.5, 0.6) is 0 Å². The van der Waals surface area contributed by atoms with Gasteiger partial charge >= 0.3 is 0 Å². The van der Waals surface area contributed by atoms with Crippen LogP contribution in [-0.2, 0) is 6.54 Å². The molecule has 0 fully saturated rings. The highest BCUT2D eigenvalue weighted by Gasteiger charge is 2.12. The van der Waals surface area contributed by atoms with Crippen molar-refractivity contribution in [3.05, 3.63) is 94.8 Å². The van der Waals surface area contributed by atoms with E-state index < -0.39 is 0 Å². The van der Waals surface area contributed by atoms with Crippen LogP contribution in [0.2, 0.25) is 0 Å². The first kappa shape index (κ1) is 17.8. The number of furan rings is 1. The summed E-state index contributed by atoms with van der Waals surface area (Å²) in [5, 5.41) is 7.64. The third kappa shape index (κ3) is 4.05. The zero-order chi connectivity index (χ0) is 19.3. The Balaban J connectivity index is 1.40. The van der Waals surface area contributed by atoms with Gasteiger partial charge in [0.05, 0.1) is 12.8 Å². The summed E-state index contributed by atoms with van der Waals surface area (Å²) in [7, 11) is 0. The fourth-order valence-corrected chi connectivity index (χ4v) is 3.46. The van der Waals surface area contributed by atoms with E-state index in [1.165, 1.54) is 11.1 Å². The lowest BCUT2D eigenvalue weighted by molar-refractivity contribution is 0.0993. The van der Waals surface area contributed by atoms with Crippen LogP contribution in [0.25, 0.3) is 0 Å². The van der Waals surface area contributed by atoms with E-state index >= 15 is 0 Å². The summed E-state index contributed by atoms with van der Waals surface area (Å²) in [6, 6.07) is 17.9. The molecule has 0 aliphatic carbocycles. The zero-order valence-electron chi connectivity index (χ0n) is 14.8. The maximum Gasteiger partial charge on any atom is 0.291 e. The van der Waals surface area contributed by atoms with Crippen molar-refractivity contribution in [3.8, 4) is 0 Å². The number of rotatable bonds is 6. The molecule has 1 aromatic carbocycles. The van der Waals surface area contributed by atoms with Crippen LogP contribution in [0.15, 0.2) is 82.9 Å². The fraction of sp³-hybridized carbons (Fsp3) is 0.0476. The van der Waals surface area contributed by atoms with Crippen molar-refractivity contribution in [2.24, 2.45) is 0 Å². The number of anilines is 2. The van der Waals surface area contributed by atoms with Crippen molar-refractivity contribution in [1.82, 2.24) is 4.57 Å². The van der Waals surface area contributed by atoms with Gasteiger partial charge in [0.15, 0.2) is 5.76 Å². The molecule has 0 spiro atoms. The minimum atomic E-state index is -0.326. The highest BCUT2D eigenvalue weighted by Crippen LogP contribution is 2.17. The molecule has 140 valence electrons. The Labute approximate surface area is 165 Å². The van der Waals surface area contributed by atoms with Gasteiger partial charge in [0.1, 0.15) is 5.69 Å². The second kappa shape index (κ2) is 7.98. The Morgan fingerprint density at radius 3 is 2.29 bits per heavy atom. The lowest BCUT2D eigenvalue weighted by Gasteiger charge is -2.10. The summed E-state index contributed by atoms with van der Waals surface area (Å²) in [4.78, 5) is 25.8. The summed E-state index contributed by atoms with van der Waals surface area (Å²) in [6.07, 6.45) is 3.34. The van der Waals surface area contributed by atoms with Crippen LogP contribution in [-0.4, -0.2) is 16.4 Å². The van der Waals surface area contributed by atoms with E-state index in [1.807, 2.05) is 34.3 Å². The topological polar surface area (TPSA) is 76.3 Å². The van der Waals surface area contributed by atoms with Crippen LogP contribution >= 0.6 is 11.3 Å². The maximum atomic E-state index is 12.6. The number of carbonyl (C=O) groups excluding carboxylic acids is 2. The van der Waals surface area contributed by atoms with Crippen LogP contribution < -0.4 is 10.6 Å². The van der Waals surface area contributed by atoms with E-state index in [-0.39, 0.29) is 17.6 Å². The molecule has 7 heteroatoms. The summed E-state index contributed by atoms with van der Waals surface area (Å²) in [6.45, 7) is 0.658. The highest BCUT2D eigenvalue weighted by molar-refractivity contribution is 7.09. The molecule has 0 radical (unpaired) electrons. The molecule has 28 heavy (non-hydrogen) atoms. The lowest BCUT2D eigenvalue weighted by Crippen LogP contribution is -2.17. The van der Waals surface area contributed by atoms with Crippen LogP contribution in [0, 0.1) is 0 Å². The third-order valence-corrected chi connectivity index (χ3v) is 4.98. The first-order valence-electron chi connectivity index (χ1n) is 8.63. The molecule has 0 bridgehead atoms. The number of amides is 2. The van der Waals surface area contributed by atoms with Crippen molar-refractivity contribution in [2.45, 2.75) is 6.54 Å². The largest absolute Gasteiger partial charge is 0.459 e. The molecule has 0 saturated carbocycles. The van der Waals surface area contributed by atoms with Gasteiger partial charge < -0.3 is 19.6 Å². The molecule has 2 amide bonds. The molecule has 2 N–H and O–H groups in total. The van der Waals surface area contributed by atoms with E-state index in [9.17, 15) is 9.59 Å². The molecule has 4 aromatic rings. The molecule has 0 unspecified atom stereocenters. The first-order valence-corrected chi connectivity index (χ1v) is 9.51. The predicted octanol–water partition coefficient (Wildman–Crippen LogP) is 4.70. The van der Waals surface area contributed by atoms with E-state index in [0.717, 1.165) is 0 Å². The van der Waals surface area contributed by atoms with Gasteiger partial charge in [-0.05, 0) is 60.0 Å². The normalized spacial score (nSPS) is 10.6. The van der Waals surface area contributed by atoms with Gasteiger partial charge in [-0.1, -0.05) is 6.07 Å². The Hall–Kier alpha value is -3.58. The Morgan fingerprint density at radius 2 is 1.64 bits per heavy atom. The Bertz CT molecular complexity index is 1060. The van der Waals surface area contributed by atoms with Gasteiger partial charge in [-0.3, -0.25) is 9.59 Å². The SMILES string of the molecule is O=C(Nc1ccc(NC(=O)c2cccn2Cc2cccs2)cc1)c1ccco1. The van der Waals surface area contributed by atoms with Crippen LogP contribution in [0.4, 0.5) is 11.4 Å². The number of nitrogens with zero attached hydrogens (tertiary/aromatic N) is 1. The number of benzene rings is 1. The average molecular weight is 391 g/mol. The number of hydrogen-bond donors (Lipinski definition) is 2. The van der Waals surface area contributed by atoms with Crippen LogP contribution in [0.1, 0.15) is 25.9 Å². The molecule has 0 aliphatic rings. The van der Waals surface area contributed by atoms with E-state index in [0.29, 0.717) is 23.6 Å². The minimum Gasteiger partial charge on any atom is -0.459 e. The number of aromatic nitrogens is 1. The van der Waals surface area contributed by atoms with Gasteiger partial charge in [-0.15, -0.1) is 11.3 Å². The second-order valence-corrected chi connectivity index (χ2v) is 7.10. The quantitative estimate of drug-likeness (QED) is 0.500.